The van der Waals surface area contributed by atoms with E-state index in [9.17, 15) is 0 Å². The lowest BCUT2D eigenvalue weighted by Crippen LogP contribution is -2.09. The van der Waals surface area contributed by atoms with Crippen LogP contribution in [0.3, 0.4) is 0 Å². The number of nitrogens with zero attached hydrogens (tertiary/aromatic N) is 2. The molecule has 1 saturated carbocycles. The van der Waals surface area contributed by atoms with Gasteiger partial charge in [0, 0.05) is 12.5 Å². The fourth-order valence-electron chi connectivity index (χ4n) is 2.23. The number of imidazole rings is 1. The van der Waals surface area contributed by atoms with Crippen LogP contribution in [0, 0.1) is 0 Å². The van der Waals surface area contributed by atoms with Gasteiger partial charge in [0.1, 0.15) is 11.3 Å². The van der Waals surface area contributed by atoms with Crippen molar-refractivity contribution in [2.75, 3.05) is 12.3 Å². The van der Waals surface area contributed by atoms with Gasteiger partial charge < -0.3 is 16.0 Å². The minimum atomic E-state index is 0.619. The zero-order valence-corrected chi connectivity index (χ0v) is 9.19. The Balaban J connectivity index is 2.24. The molecule has 0 bridgehead atoms. The Morgan fingerprint density at radius 3 is 2.88 bits per heavy atom. The van der Waals surface area contributed by atoms with E-state index in [1.807, 2.05) is 12.1 Å². The molecule has 84 valence electrons. The molecule has 0 aliphatic heterocycles. The van der Waals surface area contributed by atoms with Crippen molar-refractivity contribution in [1.82, 2.24) is 9.55 Å². The van der Waals surface area contributed by atoms with Crippen LogP contribution in [0.2, 0.25) is 0 Å². The van der Waals surface area contributed by atoms with E-state index in [0.29, 0.717) is 12.6 Å². The Kier molecular flexibility index (Phi) is 2.11. The summed E-state index contributed by atoms with van der Waals surface area (Å²) in [7, 11) is 0. The number of benzene rings is 1. The SMILES string of the molecule is NCCc1nc2c(N)cccc2n1C1CC1. The summed E-state index contributed by atoms with van der Waals surface area (Å²) in [6.45, 7) is 0.635. The lowest BCUT2D eigenvalue weighted by molar-refractivity contribution is 0.696. The van der Waals surface area contributed by atoms with E-state index < -0.39 is 0 Å². The molecule has 0 radical (unpaired) electrons. The van der Waals surface area contributed by atoms with E-state index in [4.69, 9.17) is 11.5 Å². The largest absolute Gasteiger partial charge is 0.397 e. The highest BCUT2D eigenvalue weighted by atomic mass is 15.1. The van der Waals surface area contributed by atoms with Crippen LogP contribution in [-0.2, 0) is 6.42 Å². The summed E-state index contributed by atoms with van der Waals surface area (Å²) < 4.78 is 2.32. The van der Waals surface area contributed by atoms with Crippen molar-refractivity contribution in [3.8, 4) is 0 Å². The second-order valence-electron chi connectivity index (χ2n) is 4.38. The fraction of sp³-hybridized carbons (Fsp3) is 0.417. The van der Waals surface area contributed by atoms with Crippen molar-refractivity contribution < 1.29 is 0 Å². The van der Waals surface area contributed by atoms with Gasteiger partial charge in [-0.1, -0.05) is 6.07 Å². The monoisotopic (exact) mass is 216 g/mol. The summed E-state index contributed by atoms with van der Waals surface area (Å²) in [4.78, 5) is 4.62. The minimum absolute atomic E-state index is 0.619. The molecule has 16 heavy (non-hydrogen) atoms. The molecule has 1 fully saturated rings. The molecule has 3 rings (SSSR count). The van der Waals surface area contributed by atoms with E-state index in [-0.39, 0.29) is 0 Å². The molecule has 0 unspecified atom stereocenters. The number of anilines is 1. The molecule has 1 heterocycles. The standard InChI is InChI=1S/C12H16N4/c13-7-6-11-15-12-9(14)2-1-3-10(12)16(11)8-4-5-8/h1-3,8H,4-7,13-14H2. The third-order valence-electron chi connectivity index (χ3n) is 3.10. The van der Waals surface area contributed by atoms with E-state index in [1.165, 1.54) is 12.8 Å². The quantitative estimate of drug-likeness (QED) is 0.763. The number of hydrogen-bond donors (Lipinski definition) is 2. The van der Waals surface area contributed by atoms with Gasteiger partial charge in [0.15, 0.2) is 0 Å². The normalized spacial score (nSPS) is 15.8. The van der Waals surface area contributed by atoms with Gasteiger partial charge in [-0.25, -0.2) is 4.98 Å². The Morgan fingerprint density at radius 2 is 2.19 bits per heavy atom. The average molecular weight is 216 g/mol. The van der Waals surface area contributed by atoms with E-state index in [2.05, 4.69) is 15.6 Å². The average Bonchev–Trinajstić information content (AvgIpc) is 3.02. The predicted molar refractivity (Wildman–Crippen MR) is 65.2 cm³/mol. The van der Waals surface area contributed by atoms with Crippen molar-refractivity contribution in [3.05, 3.63) is 24.0 Å². The topological polar surface area (TPSA) is 69.9 Å². The molecule has 1 aliphatic carbocycles. The van der Waals surface area contributed by atoms with Crippen LogP contribution in [0.15, 0.2) is 18.2 Å². The lowest BCUT2D eigenvalue weighted by atomic mass is 10.3. The Morgan fingerprint density at radius 1 is 1.38 bits per heavy atom. The van der Waals surface area contributed by atoms with E-state index in [1.54, 1.807) is 0 Å². The van der Waals surface area contributed by atoms with Gasteiger partial charge in [-0.05, 0) is 31.5 Å². The predicted octanol–water partition coefficient (Wildman–Crippen LogP) is 1.45. The molecule has 4 nitrogen and oxygen atoms in total. The molecule has 0 spiro atoms. The molecule has 0 amide bonds. The molecule has 1 aromatic carbocycles. The maximum absolute atomic E-state index is 5.95. The van der Waals surface area contributed by atoms with Crippen LogP contribution in [0.25, 0.3) is 11.0 Å². The molecule has 4 heteroatoms. The van der Waals surface area contributed by atoms with Gasteiger partial charge in [0.2, 0.25) is 0 Å². The van der Waals surface area contributed by atoms with Gasteiger partial charge in [-0.15, -0.1) is 0 Å². The van der Waals surface area contributed by atoms with Gasteiger partial charge in [0.05, 0.1) is 11.2 Å². The van der Waals surface area contributed by atoms with Crippen molar-refractivity contribution >= 4 is 16.7 Å². The van der Waals surface area contributed by atoms with E-state index >= 15 is 0 Å². The third-order valence-corrected chi connectivity index (χ3v) is 3.10. The maximum Gasteiger partial charge on any atom is 0.112 e. The van der Waals surface area contributed by atoms with Gasteiger partial charge in [-0.2, -0.15) is 0 Å². The first-order valence-corrected chi connectivity index (χ1v) is 5.76. The summed E-state index contributed by atoms with van der Waals surface area (Å²) in [5.41, 5.74) is 14.4. The molecule has 1 aliphatic rings. The van der Waals surface area contributed by atoms with Crippen LogP contribution in [-0.4, -0.2) is 16.1 Å². The second-order valence-corrected chi connectivity index (χ2v) is 4.38. The Labute approximate surface area is 94.3 Å². The summed E-state index contributed by atoms with van der Waals surface area (Å²) in [5, 5.41) is 0. The summed E-state index contributed by atoms with van der Waals surface area (Å²) >= 11 is 0. The van der Waals surface area contributed by atoms with E-state index in [0.717, 1.165) is 29.0 Å². The number of para-hydroxylation sites is 1. The van der Waals surface area contributed by atoms with Crippen LogP contribution < -0.4 is 11.5 Å². The molecule has 2 aromatic rings. The first-order valence-electron chi connectivity index (χ1n) is 5.76. The number of hydrogen-bond acceptors (Lipinski definition) is 3. The molecule has 0 atom stereocenters. The minimum Gasteiger partial charge on any atom is -0.397 e. The van der Waals surface area contributed by atoms with Crippen molar-refractivity contribution in [2.24, 2.45) is 5.73 Å². The van der Waals surface area contributed by atoms with Crippen LogP contribution in [0.1, 0.15) is 24.7 Å². The third kappa shape index (κ3) is 1.38. The summed E-state index contributed by atoms with van der Waals surface area (Å²) in [5.74, 6) is 1.08. The van der Waals surface area contributed by atoms with Gasteiger partial charge in [0.25, 0.3) is 0 Å². The number of nitrogen functional groups attached to an aromatic ring is 1. The first kappa shape index (κ1) is 9.66. The Bertz CT molecular complexity index is 525. The zero-order valence-electron chi connectivity index (χ0n) is 9.19. The smallest absolute Gasteiger partial charge is 0.112 e. The Hall–Kier alpha value is -1.55. The second kappa shape index (κ2) is 3.49. The summed E-state index contributed by atoms with van der Waals surface area (Å²) in [6, 6.07) is 6.61. The highest BCUT2D eigenvalue weighted by molar-refractivity contribution is 5.87. The molecular formula is C12H16N4. The number of fused-ring (bicyclic) bond motifs is 1. The fourth-order valence-corrected chi connectivity index (χ4v) is 2.23. The van der Waals surface area contributed by atoms with Crippen LogP contribution in [0.5, 0.6) is 0 Å². The maximum atomic E-state index is 5.95. The highest BCUT2D eigenvalue weighted by Gasteiger charge is 2.28. The highest BCUT2D eigenvalue weighted by Crippen LogP contribution is 2.39. The van der Waals surface area contributed by atoms with Crippen molar-refractivity contribution in [2.45, 2.75) is 25.3 Å². The zero-order chi connectivity index (χ0) is 11.1. The summed E-state index contributed by atoms with van der Waals surface area (Å²) in [6.07, 6.45) is 3.32. The van der Waals surface area contributed by atoms with Gasteiger partial charge >= 0.3 is 0 Å². The lowest BCUT2D eigenvalue weighted by Gasteiger charge is -2.06. The molecule has 1 aromatic heterocycles. The number of nitrogens with two attached hydrogens (primary N) is 2. The van der Waals surface area contributed by atoms with Gasteiger partial charge in [-0.3, -0.25) is 0 Å². The van der Waals surface area contributed by atoms with Crippen LogP contribution >= 0.6 is 0 Å². The first-order chi connectivity index (χ1) is 7.81. The number of rotatable bonds is 3. The van der Waals surface area contributed by atoms with Crippen LogP contribution in [0.4, 0.5) is 5.69 Å². The molecule has 4 N–H and O–H groups in total. The van der Waals surface area contributed by atoms with Crippen molar-refractivity contribution in [3.63, 3.8) is 0 Å². The molecule has 0 saturated heterocycles. The molecular weight excluding hydrogens is 200 g/mol. The van der Waals surface area contributed by atoms with Crippen molar-refractivity contribution in [1.29, 1.82) is 0 Å². The number of aromatic nitrogens is 2.